The second-order valence-electron chi connectivity index (χ2n) is 6.38. The number of nitrogens with zero attached hydrogens (tertiary/aromatic N) is 2. The summed E-state index contributed by atoms with van der Waals surface area (Å²) < 4.78 is 30.0. The molecule has 1 aliphatic rings. The predicted octanol–water partition coefficient (Wildman–Crippen LogP) is 3.56. The molecule has 2 aromatic carbocycles. The summed E-state index contributed by atoms with van der Waals surface area (Å²) in [7, 11) is -1.59. The van der Waals surface area contributed by atoms with Gasteiger partial charge in [-0.3, -0.25) is 4.72 Å². The summed E-state index contributed by atoms with van der Waals surface area (Å²) in [5.74, 6) is 1.64. The maximum atomic E-state index is 12.6. The first kappa shape index (κ1) is 15.2. The topological polar surface area (TPSA) is 64.0 Å². The molecule has 24 heavy (non-hydrogen) atoms. The summed E-state index contributed by atoms with van der Waals surface area (Å²) >= 11 is 0. The van der Waals surface area contributed by atoms with Crippen molar-refractivity contribution >= 4 is 26.7 Å². The van der Waals surface area contributed by atoms with Crippen LogP contribution in [0.2, 0.25) is 0 Å². The fourth-order valence-corrected chi connectivity index (χ4v) is 4.35. The molecule has 1 fully saturated rings. The minimum atomic E-state index is -3.60. The summed E-state index contributed by atoms with van der Waals surface area (Å²) in [6.45, 7) is 1.79. The van der Waals surface area contributed by atoms with Crippen molar-refractivity contribution in [2.75, 3.05) is 4.72 Å². The van der Waals surface area contributed by atoms with Crippen LogP contribution in [0, 0.1) is 6.92 Å². The molecule has 0 radical (unpaired) electrons. The summed E-state index contributed by atoms with van der Waals surface area (Å²) in [5, 5.41) is 0. The third kappa shape index (κ3) is 2.57. The number of aryl methyl sites for hydroxylation is 2. The highest BCUT2D eigenvalue weighted by Crippen LogP contribution is 2.40. The second-order valence-corrected chi connectivity index (χ2v) is 8.03. The molecule has 0 spiro atoms. The number of hydrogen-bond acceptors (Lipinski definition) is 3. The van der Waals surface area contributed by atoms with Crippen molar-refractivity contribution in [3.8, 4) is 0 Å². The highest BCUT2D eigenvalue weighted by molar-refractivity contribution is 7.92. The van der Waals surface area contributed by atoms with Gasteiger partial charge in [-0.2, -0.15) is 0 Å². The van der Waals surface area contributed by atoms with E-state index in [9.17, 15) is 8.42 Å². The van der Waals surface area contributed by atoms with Crippen molar-refractivity contribution in [3.05, 3.63) is 53.9 Å². The molecule has 0 amide bonds. The Morgan fingerprint density at radius 1 is 1.17 bits per heavy atom. The molecule has 4 rings (SSSR count). The Balaban J connectivity index is 1.71. The van der Waals surface area contributed by atoms with Gasteiger partial charge in [0, 0.05) is 13.0 Å². The van der Waals surface area contributed by atoms with Crippen LogP contribution in [-0.4, -0.2) is 18.0 Å². The molecule has 0 unspecified atom stereocenters. The van der Waals surface area contributed by atoms with E-state index in [-0.39, 0.29) is 0 Å². The Bertz CT molecular complexity index is 1030. The fraction of sp³-hybridized carbons (Fsp3) is 0.278. The van der Waals surface area contributed by atoms with E-state index in [4.69, 9.17) is 0 Å². The molecule has 0 bridgehead atoms. The van der Waals surface area contributed by atoms with Gasteiger partial charge in [0.05, 0.1) is 21.6 Å². The van der Waals surface area contributed by atoms with Gasteiger partial charge >= 0.3 is 0 Å². The molecule has 3 aromatic rings. The average molecular weight is 341 g/mol. The lowest BCUT2D eigenvalue weighted by molar-refractivity contribution is 0.600. The molecule has 1 N–H and O–H groups in total. The number of rotatable bonds is 4. The number of imidazole rings is 1. The Morgan fingerprint density at radius 3 is 2.62 bits per heavy atom. The fourth-order valence-electron chi connectivity index (χ4n) is 3.06. The monoisotopic (exact) mass is 341 g/mol. The van der Waals surface area contributed by atoms with Crippen LogP contribution in [0.5, 0.6) is 0 Å². The van der Waals surface area contributed by atoms with Crippen molar-refractivity contribution in [1.29, 1.82) is 0 Å². The van der Waals surface area contributed by atoms with E-state index in [1.807, 2.05) is 19.2 Å². The van der Waals surface area contributed by atoms with Gasteiger partial charge in [0.2, 0.25) is 0 Å². The minimum absolute atomic E-state index is 0.296. The van der Waals surface area contributed by atoms with Crippen LogP contribution in [0.15, 0.2) is 47.4 Å². The molecule has 1 aliphatic carbocycles. The molecule has 1 saturated carbocycles. The number of sulfonamides is 1. The molecule has 1 aromatic heterocycles. The van der Waals surface area contributed by atoms with Crippen LogP contribution in [0.4, 0.5) is 5.69 Å². The van der Waals surface area contributed by atoms with Gasteiger partial charge in [-0.1, -0.05) is 18.2 Å². The molecule has 1 heterocycles. The Morgan fingerprint density at radius 2 is 1.92 bits per heavy atom. The van der Waals surface area contributed by atoms with Crippen molar-refractivity contribution in [2.24, 2.45) is 7.05 Å². The molecule has 0 aliphatic heterocycles. The second kappa shape index (κ2) is 5.34. The normalized spacial score (nSPS) is 14.9. The number of anilines is 1. The number of benzene rings is 2. The molecule has 0 atom stereocenters. The van der Waals surface area contributed by atoms with Crippen LogP contribution < -0.4 is 4.72 Å². The first-order chi connectivity index (χ1) is 11.5. The van der Waals surface area contributed by atoms with Gasteiger partial charge in [0.15, 0.2) is 0 Å². The number of hydrogen-bond donors (Lipinski definition) is 1. The third-order valence-electron chi connectivity index (χ3n) is 4.49. The van der Waals surface area contributed by atoms with Gasteiger partial charge in [0.1, 0.15) is 5.82 Å². The summed E-state index contributed by atoms with van der Waals surface area (Å²) in [5.41, 5.74) is 3.10. The SMILES string of the molecule is Cc1ccccc1S(=O)(=O)Nc1ccc2c(c1)nc(C1CC1)n2C. The number of nitrogens with one attached hydrogen (secondary N) is 1. The highest BCUT2D eigenvalue weighted by Gasteiger charge is 2.28. The highest BCUT2D eigenvalue weighted by atomic mass is 32.2. The van der Waals surface area contributed by atoms with Crippen LogP contribution in [0.1, 0.15) is 30.1 Å². The summed E-state index contributed by atoms with van der Waals surface area (Å²) in [4.78, 5) is 4.98. The molecule has 5 nitrogen and oxygen atoms in total. The Labute approximate surface area is 141 Å². The van der Waals surface area contributed by atoms with E-state index in [2.05, 4.69) is 14.3 Å². The lowest BCUT2D eigenvalue weighted by atomic mass is 10.2. The molecular weight excluding hydrogens is 322 g/mol. The van der Waals surface area contributed by atoms with Crippen LogP contribution in [-0.2, 0) is 17.1 Å². The molecule has 0 saturated heterocycles. The molecule has 6 heteroatoms. The van der Waals surface area contributed by atoms with Crippen molar-refractivity contribution in [2.45, 2.75) is 30.6 Å². The number of fused-ring (bicyclic) bond motifs is 1. The van der Waals surface area contributed by atoms with Crippen molar-refractivity contribution in [1.82, 2.24) is 9.55 Å². The largest absolute Gasteiger partial charge is 0.331 e. The van der Waals surface area contributed by atoms with E-state index >= 15 is 0 Å². The van der Waals surface area contributed by atoms with Crippen LogP contribution in [0.3, 0.4) is 0 Å². The zero-order valence-electron chi connectivity index (χ0n) is 13.7. The first-order valence-corrected chi connectivity index (χ1v) is 9.49. The van der Waals surface area contributed by atoms with Gasteiger partial charge in [-0.25, -0.2) is 13.4 Å². The van der Waals surface area contributed by atoms with E-state index in [1.165, 1.54) is 12.8 Å². The lowest BCUT2D eigenvalue weighted by Gasteiger charge is -2.10. The van der Waals surface area contributed by atoms with Gasteiger partial charge in [-0.15, -0.1) is 0 Å². The maximum Gasteiger partial charge on any atom is 0.262 e. The van der Waals surface area contributed by atoms with Crippen molar-refractivity contribution in [3.63, 3.8) is 0 Å². The van der Waals surface area contributed by atoms with E-state index < -0.39 is 10.0 Å². The van der Waals surface area contributed by atoms with Gasteiger partial charge in [0.25, 0.3) is 10.0 Å². The smallest absolute Gasteiger partial charge is 0.262 e. The van der Waals surface area contributed by atoms with E-state index in [0.717, 1.165) is 22.4 Å². The number of aromatic nitrogens is 2. The van der Waals surface area contributed by atoms with E-state index in [0.29, 0.717) is 16.5 Å². The summed E-state index contributed by atoms with van der Waals surface area (Å²) in [6, 6.07) is 12.5. The zero-order chi connectivity index (χ0) is 16.9. The molecular formula is C18H19N3O2S. The quantitative estimate of drug-likeness (QED) is 0.789. The standard InChI is InChI=1S/C18H19N3O2S/c1-12-5-3-4-6-17(12)24(22,23)20-14-9-10-16-15(11-14)19-18(21(16)2)13-7-8-13/h3-6,9-11,13,20H,7-8H2,1-2H3. The first-order valence-electron chi connectivity index (χ1n) is 8.00. The Hall–Kier alpha value is -2.34. The minimum Gasteiger partial charge on any atom is -0.331 e. The van der Waals surface area contributed by atoms with E-state index in [1.54, 1.807) is 37.3 Å². The Kier molecular flexibility index (Phi) is 3.38. The van der Waals surface area contributed by atoms with Crippen molar-refractivity contribution < 1.29 is 8.42 Å². The lowest BCUT2D eigenvalue weighted by Crippen LogP contribution is -2.14. The molecule has 124 valence electrons. The van der Waals surface area contributed by atoms with Crippen LogP contribution >= 0.6 is 0 Å². The van der Waals surface area contributed by atoms with Gasteiger partial charge < -0.3 is 4.57 Å². The average Bonchev–Trinajstić information content (AvgIpc) is 3.32. The maximum absolute atomic E-state index is 12.6. The third-order valence-corrected chi connectivity index (χ3v) is 6.03. The van der Waals surface area contributed by atoms with Crippen LogP contribution in [0.25, 0.3) is 11.0 Å². The predicted molar refractivity (Wildman–Crippen MR) is 94.7 cm³/mol. The summed E-state index contributed by atoms with van der Waals surface area (Å²) in [6.07, 6.45) is 2.37. The zero-order valence-corrected chi connectivity index (χ0v) is 14.5. The van der Waals surface area contributed by atoms with Gasteiger partial charge in [-0.05, 0) is 49.6 Å².